The first-order valence-electron chi connectivity index (χ1n) is 7.04. The van der Waals surface area contributed by atoms with Crippen molar-refractivity contribution in [2.45, 2.75) is 0 Å². The molecule has 6 heavy (non-hydrogen) atoms. The van der Waals surface area contributed by atoms with Crippen LogP contribution in [0.4, 0.5) is 0 Å². The first-order valence-corrected chi connectivity index (χ1v) is 1.14. The van der Waals surface area contributed by atoms with Crippen molar-refractivity contribution >= 4 is 0 Å². The summed E-state index contributed by atoms with van der Waals surface area (Å²) >= 11 is 0. The predicted octanol–water partition coefficient (Wildman–Crippen LogP) is -0.493. The SMILES string of the molecule is [2H]N([2H])C([2H])([2H])C([2H])([2H])N(C([2H])([2H])[2H])C([2H])([2H])[2H]. The van der Waals surface area contributed by atoms with Crippen LogP contribution in [0.1, 0.15) is 13.7 Å². The number of nitrogens with two attached hydrogens (primary N) is 1. The van der Waals surface area contributed by atoms with Crippen molar-refractivity contribution in [3.05, 3.63) is 0 Å². The molecule has 0 atom stereocenters. The third-order valence-corrected chi connectivity index (χ3v) is 0.162. The quantitative estimate of drug-likeness (QED) is 0.518. The van der Waals surface area contributed by atoms with Crippen molar-refractivity contribution in [2.75, 3.05) is 26.9 Å². The summed E-state index contributed by atoms with van der Waals surface area (Å²) < 4.78 is 84.3. The van der Waals surface area contributed by atoms with Crippen LogP contribution in [-0.2, 0) is 0 Å². The number of rotatable bonds is 3. The van der Waals surface area contributed by atoms with Crippen molar-refractivity contribution in [3.8, 4) is 0 Å². The lowest BCUT2D eigenvalue weighted by Crippen LogP contribution is -2.20. The van der Waals surface area contributed by atoms with Gasteiger partial charge in [-0.25, -0.2) is 0 Å². The van der Waals surface area contributed by atoms with E-state index in [2.05, 4.69) is 0 Å². The Morgan fingerprint density at radius 3 is 3.50 bits per heavy atom. The summed E-state index contributed by atoms with van der Waals surface area (Å²) in [6.45, 7) is -14.0. The van der Waals surface area contributed by atoms with Crippen LogP contribution in [0.15, 0.2) is 0 Å². The largest absolute Gasteiger partial charge is 0.329 e. The second-order valence-corrected chi connectivity index (χ2v) is 0.559. The fraction of sp³-hybridized carbons (Fsp3) is 1.00. The zero-order valence-electron chi connectivity index (χ0n) is 14.9. The first kappa shape index (κ1) is 0.501. The summed E-state index contributed by atoms with van der Waals surface area (Å²) in [4.78, 5) is -0.636. The molecule has 0 amide bonds. The normalized spacial score (nSPS) is 49.0. The molecule has 0 aliphatic carbocycles. The van der Waals surface area contributed by atoms with Gasteiger partial charge in [0.15, 0.2) is 0 Å². The van der Waals surface area contributed by atoms with Gasteiger partial charge in [0, 0.05) is 26.7 Å². The van der Waals surface area contributed by atoms with Crippen LogP contribution in [0.25, 0.3) is 0 Å². The van der Waals surface area contributed by atoms with Gasteiger partial charge in [-0.05, 0) is 14.0 Å². The smallest absolute Gasteiger partial charge is 0.118 e. The van der Waals surface area contributed by atoms with Gasteiger partial charge < -0.3 is 10.6 Å². The summed E-state index contributed by atoms with van der Waals surface area (Å²) in [6, 6.07) is 0. The Morgan fingerprint density at radius 1 is 2.17 bits per heavy atom. The van der Waals surface area contributed by atoms with Gasteiger partial charge in [-0.15, -0.1) is 0 Å². The molecular weight excluding hydrogens is 76.1 g/mol. The Labute approximate surface area is 55.9 Å². The van der Waals surface area contributed by atoms with Crippen molar-refractivity contribution in [1.29, 1.82) is 0 Å². The molecule has 2 heteroatoms. The van der Waals surface area contributed by atoms with Gasteiger partial charge in [-0.1, -0.05) is 0 Å². The van der Waals surface area contributed by atoms with Gasteiger partial charge in [0.05, 0.1) is 0 Å². The lowest BCUT2D eigenvalue weighted by Gasteiger charge is -2.03. The van der Waals surface area contributed by atoms with E-state index in [1.54, 1.807) is 0 Å². The lowest BCUT2D eigenvalue weighted by atomic mass is 10.6. The molecule has 2 nitrogen and oxygen atoms in total. The molecule has 0 unspecified atom stereocenters. The van der Waals surface area contributed by atoms with E-state index in [-0.39, 0.29) is 0 Å². The summed E-state index contributed by atoms with van der Waals surface area (Å²) in [5.41, 5.74) is -0.711. The van der Waals surface area contributed by atoms with Gasteiger partial charge in [0.1, 0.15) is 2.82 Å². The molecule has 0 rings (SSSR count). The summed E-state index contributed by atoms with van der Waals surface area (Å²) in [6.07, 6.45) is 0. The second kappa shape index (κ2) is 3.12. The topological polar surface area (TPSA) is 29.3 Å². The molecule has 0 aromatic carbocycles. The standard InChI is InChI=1S/C4H12N2/c1-6(2)4-3-5/h3-5H2,1-2H3/i1D3,2D3,3D2,4D2/hD2. The van der Waals surface area contributed by atoms with Crippen LogP contribution in [0.3, 0.4) is 0 Å². The van der Waals surface area contributed by atoms with Crippen molar-refractivity contribution in [1.82, 2.24) is 4.90 Å². The van der Waals surface area contributed by atoms with Crippen molar-refractivity contribution in [3.63, 3.8) is 0 Å². The van der Waals surface area contributed by atoms with Crippen LogP contribution in [0, 0.1) is 0 Å². The maximum atomic E-state index is 7.34. The molecule has 0 bridgehead atoms. The Bertz CT molecular complexity index is 273. The maximum absolute atomic E-state index is 7.34. The average molecular weight is 100 g/mol. The van der Waals surface area contributed by atoms with E-state index in [1.807, 2.05) is 0 Å². The Hall–Kier alpha value is -0.0800. The minimum atomic E-state index is -3.60. The molecule has 0 radical (unpaired) electrons. The Balaban J connectivity index is 5.79. The second-order valence-electron chi connectivity index (χ2n) is 0.559. The monoisotopic (exact) mass is 100 g/mol. The molecule has 2 N–H and O–H groups in total. The molecule has 0 aliphatic rings. The highest BCUT2D eigenvalue weighted by molar-refractivity contribution is 4.38. The van der Waals surface area contributed by atoms with E-state index >= 15 is 0 Å². The van der Waals surface area contributed by atoms with Crippen LogP contribution < -0.4 is 5.72 Å². The molecule has 0 heterocycles. The summed E-state index contributed by atoms with van der Waals surface area (Å²) in [5, 5.41) is 0. The number of nitrogens with zero attached hydrogens (tertiary/aromatic N) is 1. The van der Waals surface area contributed by atoms with Gasteiger partial charge >= 0.3 is 0 Å². The van der Waals surface area contributed by atoms with Gasteiger partial charge in [0.2, 0.25) is 0 Å². The van der Waals surface area contributed by atoms with E-state index in [1.165, 1.54) is 0 Å². The Morgan fingerprint density at radius 2 is 3.00 bits per heavy atom. The van der Waals surface area contributed by atoms with Crippen LogP contribution in [0.2, 0.25) is 2.82 Å². The van der Waals surface area contributed by atoms with Crippen molar-refractivity contribution in [2.24, 2.45) is 5.72 Å². The fourth-order valence-corrected chi connectivity index (χ4v) is 0.0500. The first-order chi connectivity index (χ1) is 7.56. The fourth-order valence-electron chi connectivity index (χ4n) is 0.0500. The van der Waals surface area contributed by atoms with Crippen LogP contribution >= 0.6 is 0 Å². The zero-order chi connectivity index (χ0) is 15.2. The molecular formula is C4H12N2. The maximum Gasteiger partial charge on any atom is 0.118 e. The van der Waals surface area contributed by atoms with E-state index in [0.29, 0.717) is 0 Å². The number of likely N-dealkylation sites (N-methyl/N-ethyl adjacent to an activating group) is 1. The van der Waals surface area contributed by atoms with E-state index < -0.39 is 37.6 Å². The van der Waals surface area contributed by atoms with Crippen molar-refractivity contribution < 1.29 is 16.5 Å². The minimum Gasteiger partial charge on any atom is -0.329 e. The van der Waals surface area contributed by atoms with E-state index in [4.69, 9.17) is 16.5 Å². The summed E-state index contributed by atoms with van der Waals surface area (Å²) in [5.74, 6) is 0. The number of hydrogen-bond donors (Lipinski definition) is 1. The molecule has 0 fully saturated rings. The third-order valence-electron chi connectivity index (χ3n) is 0.162. The van der Waals surface area contributed by atoms with Gasteiger partial charge in [-0.3, -0.25) is 0 Å². The molecule has 38 valence electrons. The molecule has 0 aromatic rings. The lowest BCUT2D eigenvalue weighted by molar-refractivity contribution is 0.420. The third kappa shape index (κ3) is 3.92. The molecule has 0 aromatic heterocycles. The van der Waals surface area contributed by atoms with Crippen LogP contribution in [-0.4, -0.2) is 31.8 Å². The number of hydrogen-bond acceptors (Lipinski definition) is 2. The Kier molecular flexibility index (Phi) is 0.261. The summed E-state index contributed by atoms with van der Waals surface area (Å²) in [7, 11) is 0. The van der Waals surface area contributed by atoms with E-state index in [9.17, 15) is 0 Å². The highest BCUT2D eigenvalue weighted by Gasteiger charge is 1.79. The highest BCUT2D eigenvalue weighted by Crippen LogP contribution is 1.64. The molecule has 0 saturated heterocycles. The predicted molar refractivity (Wildman–Crippen MR) is 27.6 cm³/mol. The zero-order valence-corrected chi connectivity index (χ0v) is 2.89. The average Bonchev–Trinajstić information content (AvgIpc) is 1.95. The van der Waals surface area contributed by atoms with Gasteiger partial charge in [0.25, 0.3) is 0 Å². The minimum absolute atomic E-state index is 0.636. The van der Waals surface area contributed by atoms with E-state index in [0.717, 1.165) is 0 Å². The van der Waals surface area contributed by atoms with Gasteiger partial charge in [-0.2, -0.15) is 0 Å². The highest BCUT2D eigenvalue weighted by atomic mass is 15.1. The molecule has 0 aliphatic heterocycles. The molecule has 0 saturated carbocycles. The van der Waals surface area contributed by atoms with Crippen LogP contribution in [0.5, 0.6) is 0 Å². The molecule has 0 spiro atoms.